The number of hydrazone groups is 1. The number of hydrogen-bond acceptors (Lipinski definition) is 7. The summed E-state index contributed by atoms with van der Waals surface area (Å²) in [6.45, 7) is 1.97. The molecule has 0 aliphatic carbocycles. The number of thioether (sulfide) groups is 1. The second-order valence-corrected chi connectivity index (χ2v) is 7.30. The molecule has 1 aromatic heterocycles. The van der Waals surface area contributed by atoms with Gasteiger partial charge in [0.15, 0.2) is 11.3 Å². The molecule has 146 valence electrons. The van der Waals surface area contributed by atoms with Gasteiger partial charge < -0.3 is 9.73 Å². The minimum absolute atomic E-state index is 0.116. The zero-order valence-electron chi connectivity index (χ0n) is 15.0. The summed E-state index contributed by atoms with van der Waals surface area (Å²) in [6, 6.07) is 12.0. The van der Waals surface area contributed by atoms with Crippen LogP contribution >= 0.6 is 11.8 Å². The maximum absolute atomic E-state index is 12.8. The van der Waals surface area contributed by atoms with Crippen molar-refractivity contribution in [3.8, 4) is 0 Å². The van der Waals surface area contributed by atoms with Crippen molar-refractivity contribution >= 4 is 35.7 Å². The van der Waals surface area contributed by atoms with E-state index in [2.05, 4.69) is 10.4 Å². The predicted octanol–water partition coefficient (Wildman–Crippen LogP) is 2.17. The average Bonchev–Trinajstić information content (AvgIpc) is 3.16. The molecule has 1 aliphatic heterocycles. The van der Waals surface area contributed by atoms with Gasteiger partial charge in [-0.05, 0) is 18.6 Å². The third-order valence-corrected chi connectivity index (χ3v) is 5.41. The highest BCUT2D eigenvalue weighted by molar-refractivity contribution is 8.00. The van der Waals surface area contributed by atoms with Crippen LogP contribution < -0.4 is 5.32 Å². The van der Waals surface area contributed by atoms with E-state index in [0.717, 1.165) is 10.6 Å². The minimum Gasteiger partial charge on any atom is -0.400 e. The lowest BCUT2D eigenvalue weighted by molar-refractivity contribution is -0.402. The summed E-state index contributed by atoms with van der Waals surface area (Å²) in [5.74, 6) is -0.410. The number of hydrogen-bond donors (Lipinski definition) is 1. The van der Waals surface area contributed by atoms with Gasteiger partial charge >= 0.3 is 5.88 Å². The van der Waals surface area contributed by atoms with Crippen molar-refractivity contribution in [1.82, 2.24) is 10.3 Å². The van der Waals surface area contributed by atoms with Gasteiger partial charge in [-0.2, -0.15) is 5.10 Å². The number of benzene rings is 1. The predicted molar refractivity (Wildman–Crippen MR) is 104 cm³/mol. The first-order valence-corrected chi connectivity index (χ1v) is 9.57. The Morgan fingerprint density at radius 2 is 2.14 bits per heavy atom. The van der Waals surface area contributed by atoms with Crippen LogP contribution in [-0.2, 0) is 16.1 Å². The molecule has 0 bridgehead atoms. The van der Waals surface area contributed by atoms with E-state index in [1.165, 1.54) is 30.1 Å². The molecule has 1 N–H and O–H groups in total. The number of nitrogens with zero attached hydrogens (tertiary/aromatic N) is 3. The SMILES string of the molecule is CC1(C(=O)NCc2ccccc2)CSCC(=O)N1/N=C/c1ccc([N+](=O)[O-])o1. The van der Waals surface area contributed by atoms with Crippen LogP contribution in [0.3, 0.4) is 0 Å². The maximum atomic E-state index is 12.8. The smallest absolute Gasteiger partial charge is 0.400 e. The molecule has 1 atom stereocenters. The zero-order chi connectivity index (χ0) is 20.1. The van der Waals surface area contributed by atoms with Crippen LogP contribution in [0.4, 0.5) is 5.88 Å². The lowest BCUT2D eigenvalue weighted by Gasteiger charge is -2.39. The Labute approximate surface area is 164 Å². The molecule has 1 aliphatic rings. The van der Waals surface area contributed by atoms with Crippen molar-refractivity contribution in [2.75, 3.05) is 11.5 Å². The molecule has 2 heterocycles. The first-order chi connectivity index (χ1) is 13.4. The van der Waals surface area contributed by atoms with Crippen LogP contribution in [0.1, 0.15) is 18.2 Å². The lowest BCUT2D eigenvalue weighted by Crippen LogP contribution is -2.61. The molecular weight excluding hydrogens is 384 g/mol. The third kappa shape index (κ3) is 4.22. The molecule has 0 radical (unpaired) electrons. The van der Waals surface area contributed by atoms with Crippen LogP contribution in [-0.4, -0.2) is 45.0 Å². The quantitative estimate of drug-likeness (QED) is 0.449. The average molecular weight is 402 g/mol. The van der Waals surface area contributed by atoms with E-state index in [0.29, 0.717) is 12.3 Å². The Hall–Kier alpha value is -3.14. The van der Waals surface area contributed by atoms with E-state index < -0.39 is 16.3 Å². The minimum atomic E-state index is -1.19. The fourth-order valence-corrected chi connectivity index (χ4v) is 3.73. The topological polar surface area (TPSA) is 118 Å². The Balaban J connectivity index is 1.76. The van der Waals surface area contributed by atoms with E-state index in [1.54, 1.807) is 6.92 Å². The molecule has 28 heavy (non-hydrogen) atoms. The van der Waals surface area contributed by atoms with E-state index in [-0.39, 0.29) is 23.3 Å². The van der Waals surface area contributed by atoms with Crippen molar-refractivity contribution in [2.24, 2.45) is 5.10 Å². The summed E-state index contributed by atoms with van der Waals surface area (Å²) in [7, 11) is 0. The second-order valence-electron chi connectivity index (χ2n) is 6.32. The zero-order valence-corrected chi connectivity index (χ0v) is 15.8. The highest BCUT2D eigenvalue weighted by Gasteiger charge is 2.45. The Bertz CT molecular complexity index is 914. The van der Waals surface area contributed by atoms with Crippen molar-refractivity contribution in [3.63, 3.8) is 0 Å². The summed E-state index contributed by atoms with van der Waals surface area (Å²) in [6.07, 6.45) is 1.20. The van der Waals surface area contributed by atoms with Crippen molar-refractivity contribution in [3.05, 3.63) is 63.9 Å². The molecule has 0 saturated carbocycles. The molecular formula is C18H18N4O5S. The molecule has 3 rings (SSSR count). The number of nitrogens with one attached hydrogen (secondary N) is 1. The van der Waals surface area contributed by atoms with Gasteiger partial charge in [0.2, 0.25) is 5.91 Å². The van der Waals surface area contributed by atoms with Gasteiger partial charge in [0.25, 0.3) is 5.91 Å². The molecule has 10 heteroatoms. The molecule has 0 spiro atoms. The molecule has 1 aromatic carbocycles. The highest BCUT2D eigenvalue weighted by atomic mass is 32.2. The van der Waals surface area contributed by atoms with Crippen LogP contribution in [0.5, 0.6) is 0 Å². The molecule has 2 aromatic rings. The highest BCUT2D eigenvalue weighted by Crippen LogP contribution is 2.28. The normalized spacial score (nSPS) is 19.8. The number of rotatable bonds is 6. The standard InChI is InChI=1S/C18H18N4O5S/c1-18(17(24)19-9-13-5-3-2-4-6-13)12-28-11-15(23)21(18)20-10-14-7-8-16(27-14)22(25)26/h2-8,10H,9,11-12H2,1H3,(H,19,24)/b20-10+. The maximum Gasteiger partial charge on any atom is 0.433 e. The van der Waals surface area contributed by atoms with E-state index in [4.69, 9.17) is 4.42 Å². The number of carbonyl (C=O) groups excluding carboxylic acids is 2. The van der Waals surface area contributed by atoms with Gasteiger partial charge in [-0.25, -0.2) is 5.01 Å². The van der Waals surface area contributed by atoms with Crippen molar-refractivity contribution < 1.29 is 18.9 Å². The molecule has 1 fully saturated rings. The Kier molecular flexibility index (Phi) is 5.78. The summed E-state index contributed by atoms with van der Waals surface area (Å²) in [4.78, 5) is 35.3. The van der Waals surface area contributed by atoms with Gasteiger partial charge in [-0.3, -0.25) is 19.7 Å². The number of carbonyl (C=O) groups is 2. The molecule has 1 unspecified atom stereocenters. The summed E-state index contributed by atoms with van der Waals surface area (Å²) < 4.78 is 5.01. The van der Waals surface area contributed by atoms with Crippen LogP contribution in [0, 0.1) is 10.1 Å². The third-order valence-electron chi connectivity index (χ3n) is 4.19. The molecule has 2 amide bonds. The van der Waals surface area contributed by atoms with Crippen molar-refractivity contribution in [1.29, 1.82) is 0 Å². The van der Waals surface area contributed by atoms with Crippen LogP contribution in [0.2, 0.25) is 0 Å². The Morgan fingerprint density at radius 1 is 1.39 bits per heavy atom. The fourth-order valence-electron chi connectivity index (χ4n) is 2.68. The van der Waals surface area contributed by atoms with Crippen LogP contribution in [0.15, 0.2) is 52.0 Å². The summed E-state index contributed by atoms with van der Waals surface area (Å²) >= 11 is 1.35. The van der Waals surface area contributed by atoms with Gasteiger partial charge in [0, 0.05) is 12.3 Å². The van der Waals surface area contributed by atoms with E-state index in [9.17, 15) is 19.7 Å². The van der Waals surface area contributed by atoms with Gasteiger partial charge in [-0.1, -0.05) is 30.3 Å². The van der Waals surface area contributed by atoms with Gasteiger partial charge in [0.05, 0.1) is 18.0 Å². The summed E-state index contributed by atoms with van der Waals surface area (Å²) in [5, 5.41) is 18.8. The Morgan fingerprint density at radius 3 is 2.82 bits per heavy atom. The molecule has 9 nitrogen and oxygen atoms in total. The first kappa shape index (κ1) is 19.6. The second kappa shape index (κ2) is 8.26. The van der Waals surface area contributed by atoms with Crippen molar-refractivity contribution in [2.45, 2.75) is 19.0 Å². The number of amides is 2. The largest absolute Gasteiger partial charge is 0.433 e. The number of nitro groups is 1. The monoisotopic (exact) mass is 402 g/mol. The van der Waals surface area contributed by atoms with Crippen LogP contribution in [0.25, 0.3) is 0 Å². The molecule has 1 saturated heterocycles. The first-order valence-electron chi connectivity index (χ1n) is 8.41. The summed E-state index contributed by atoms with van der Waals surface area (Å²) in [5.41, 5.74) is -0.253. The fraction of sp³-hybridized carbons (Fsp3) is 0.278. The van der Waals surface area contributed by atoms with Gasteiger partial charge in [0.1, 0.15) is 4.92 Å². The van der Waals surface area contributed by atoms with E-state index >= 15 is 0 Å². The lowest BCUT2D eigenvalue weighted by atomic mass is 10.0. The van der Waals surface area contributed by atoms with Gasteiger partial charge in [-0.15, -0.1) is 11.8 Å². The van der Waals surface area contributed by atoms with E-state index in [1.807, 2.05) is 30.3 Å². The number of furan rings is 1.